The molecule has 1 N–H and O–H groups in total. The third-order valence-electron chi connectivity index (χ3n) is 2.83. The number of hydrogen-bond acceptors (Lipinski definition) is 6. The fourth-order valence-corrected chi connectivity index (χ4v) is 2.15. The zero-order valence-corrected chi connectivity index (χ0v) is 9.08. The molecule has 2 aliphatic heterocycles. The molecule has 0 aromatic heterocycles. The van der Waals surface area contributed by atoms with Crippen molar-refractivity contribution in [1.29, 1.82) is 0 Å². The van der Waals surface area contributed by atoms with E-state index in [0.717, 1.165) is 0 Å². The number of hydrogen-bond donors (Lipinski definition) is 1. The van der Waals surface area contributed by atoms with Gasteiger partial charge in [0.2, 0.25) is 0 Å². The smallest absolute Gasteiger partial charge is 0.309 e. The van der Waals surface area contributed by atoms with Gasteiger partial charge in [0.1, 0.15) is 12.2 Å². The molecule has 2 saturated heterocycles. The zero-order valence-electron chi connectivity index (χ0n) is 9.08. The van der Waals surface area contributed by atoms with E-state index in [2.05, 4.69) is 0 Å². The van der Waals surface area contributed by atoms with Crippen LogP contribution in [0.5, 0.6) is 0 Å². The molecule has 0 aliphatic carbocycles. The molecule has 0 bridgehead atoms. The van der Waals surface area contributed by atoms with Crippen LogP contribution in [0.3, 0.4) is 0 Å². The Labute approximate surface area is 92.5 Å². The standard InChI is InChI=1S/C10H14O6/c1-4-9(15-5(2)11)8(13)10-6(14-4)3-7(12)16-10/h4,6,8-10,13H,3H2,1-2H3/t4-,6+,8-,9-,10-/m0/s1. The van der Waals surface area contributed by atoms with Crippen molar-refractivity contribution in [3.63, 3.8) is 0 Å². The van der Waals surface area contributed by atoms with Crippen molar-refractivity contribution < 1.29 is 28.9 Å². The van der Waals surface area contributed by atoms with Gasteiger partial charge in [-0.2, -0.15) is 0 Å². The molecular formula is C10H14O6. The molecule has 2 rings (SSSR count). The summed E-state index contributed by atoms with van der Waals surface area (Å²) >= 11 is 0. The Bertz CT molecular complexity index is 314. The molecule has 2 heterocycles. The highest BCUT2D eigenvalue weighted by atomic mass is 16.6. The van der Waals surface area contributed by atoms with Crippen LogP contribution in [0.4, 0.5) is 0 Å². The van der Waals surface area contributed by atoms with Gasteiger partial charge in [-0.15, -0.1) is 0 Å². The topological polar surface area (TPSA) is 82.1 Å². The van der Waals surface area contributed by atoms with Crippen molar-refractivity contribution in [2.24, 2.45) is 0 Å². The lowest BCUT2D eigenvalue weighted by Gasteiger charge is -2.38. The maximum Gasteiger partial charge on any atom is 0.309 e. The summed E-state index contributed by atoms with van der Waals surface area (Å²) < 4.78 is 15.4. The quantitative estimate of drug-likeness (QED) is 0.605. The third-order valence-corrected chi connectivity index (χ3v) is 2.83. The average Bonchev–Trinajstić information content (AvgIpc) is 2.53. The average molecular weight is 230 g/mol. The molecular weight excluding hydrogens is 216 g/mol. The Morgan fingerprint density at radius 3 is 2.88 bits per heavy atom. The highest BCUT2D eigenvalue weighted by molar-refractivity contribution is 5.73. The van der Waals surface area contributed by atoms with Gasteiger partial charge in [0, 0.05) is 6.92 Å². The predicted molar refractivity (Wildman–Crippen MR) is 50.4 cm³/mol. The number of fused-ring (bicyclic) bond motifs is 1. The molecule has 6 heteroatoms. The van der Waals surface area contributed by atoms with Crippen LogP contribution in [0.15, 0.2) is 0 Å². The normalized spacial score (nSPS) is 42.4. The van der Waals surface area contributed by atoms with Gasteiger partial charge in [-0.1, -0.05) is 0 Å². The summed E-state index contributed by atoms with van der Waals surface area (Å²) in [5.41, 5.74) is 0. The maximum absolute atomic E-state index is 11.1. The molecule has 0 aromatic rings. The second kappa shape index (κ2) is 4.03. The molecule has 5 atom stereocenters. The van der Waals surface area contributed by atoms with E-state index in [4.69, 9.17) is 14.2 Å². The molecule has 0 amide bonds. The second-order valence-corrected chi connectivity index (χ2v) is 4.10. The van der Waals surface area contributed by atoms with Crippen molar-refractivity contribution in [3.05, 3.63) is 0 Å². The molecule has 6 nitrogen and oxygen atoms in total. The van der Waals surface area contributed by atoms with Gasteiger partial charge in [-0.25, -0.2) is 0 Å². The summed E-state index contributed by atoms with van der Waals surface area (Å²) in [6.07, 6.45) is -3.29. The summed E-state index contributed by atoms with van der Waals surface area (Å²) in [5, 5.41) is 9.94. The summed E-state index contributed by atoms with van der Waals surface area (Å²) in [6.45, 7) is 2.95. The minimum atomic E-state index is -1.02. The van der Waals surface area contributed by atoms with E-state index < -0.39 is 42.5 Å². The van der Waals surface area contributed by atoms with E-state index in [1.807, 2.05) is 0 Å². The summed E-state index contributed by atoms with van der Waals surface area (Å²) in [5.74, 6) is -0.896. The number of carbonyl (C=O) groups is 2. The summed E-state index contributed by atoms with van der Waals surface area (Å²) in [7, 11) is 0. The molecule has 90 valence electrons. The molecule has 16 heavy (non-hydrogen) atoms. The van der Waals surface area contributed by atoms with E-state index in [1.54, 1.807) is 6.92 Å². The first-order valence-corrected chi connectivity index (χ1v) is 5.19. The Morgan fingerprint density at radius 1 is 1.56 bits per heavy atom. The number of ether oxygens (including phenoxy) is 3. The van der Waals surface area contributed by atoms with Gasteiger partial charge in [-0.05, 0) is 6.92 Å². The first-order chi connectivity index (χ1) is 7.49. The predicted octanol–water partition coefficient (Wildman–Crippen LogP) is -0.618. The Morgan fingerprint density at radius 2 is 2.25 bits per heavy atom. The van der Waals surface area contributed by atoms with Gasteiger partial charge < -0.3 is 19.3 Å². The largest absolute Gasteiger partial charge is 0.457 e. The van der Waals surface area contributed by atoms with Crippen molar-refractivity contribution >= 4 is 11.9 Å². The van der Waals surface area contributed by atoms with E-state index in [-0.39, 0.29) is 6.42 Å². The summed E-state index contributed by atoms with van der Waals surface area (Å²) in [4.78, 5) is 21.9. The molecule has 2 aliphatic rings. The highest BCUT2D eigenvalue weighted by Crippen LogP contribution is 2.31. The molecule has 0 aromatic carbocycles. The number of rotatable bonds is 1. The lowest BCUT2D eigenvalue weighted by molar-refractivity contribution is -0.217. The minimum absolute atomic E-state index is 0.138. The van der Waals surface area contributed by atoms with Crippen LogP contribution in [0.25, 0.3) is 0 Å². The van der Waals surface area contributed by atoms with Crippen LogP contribution < -0.4 is 0 Å². The van der Waals surface area contributed by atoms with E-state index in [1.165, 1.54) is 6.92 Å². The Kier molecular flexibility index (Phi) is 2.86. The zero-order chi connectivity index (χ0) is 11.9. The van der Waals surface area contributed by atoms with Crippen LogP contribution >= 0.6 is 0 Å². The first kappa shape index (κ1) is 11.3. The molecule has 0 spiro atoms. The Balaban J connectivity index is 2.11. The van der Waals surface area contributed by atoms with Gasteiger partial charge in [0.25, 0.3) is 0 Å². The molecule has 0 unspecified atom stereocenters. The lowest BCUT2D eigenvalue weighted by atomic mass is 9.95. The van der Waals surface area contributed by atoms with Crippen LogP contribution in [0.2, 0.25) is 0 Å². The first-order valence-electron chi connectivity index (χ1n) is 5.19. The fourth-order valence-electron chi connectivity index (χ4n) is 2.15. The van der Waals surface area contributed by atoms with E-state index in [9.17, 15) is 14.7 Å². The van der Waals surface area contributed by atoms with Crippen LogP contribution in [-0.4, -0.2) is 47.6 Å². The van der Waals surface area contributed by atoms with Crippen molar-refractivity contribution in [2.45, 2.75) is 50.8 Å². The minimum Gasteiger partial charge on any atom is -0.457 e. The van der Waals surface area contributed by atoms with Crippen molar-refractivity contribution in [1.82, 2.24) is 0 Å². The van der Waals surface area contributed by atoms with Crippen molar-refractivity contribution in [2.75, 3.05) is 0 Å². The second-order valence-electron chi connectivity index (χ2n) is 4.10. The van der Waals surface area contributed by atoms with Gasteiger partial charge >= 0.3 is 11.9 Å². The van der Waals surface area contributed by atoms with Crippen LogP contribution in [0.1, 0.15) is 20.3 Å². The number of aliphatic hydroxyl groups is 1. The van der Waals surface area contributed by atoms with E-state index >= 15 is 0 Å². The number of aliphatic hydroxyl groups excluding tert-OH is 1. The van der Waals surface area contributed by atoms with Crippen LogP contribution in [0, 0.1) is 0 Å². The highest BCUT2D eigenvalue weighted by Gasteiger charge is 2.51. The SMILES string of the molecule is CC(=O)O[C@@H]1[C@H](O)[C@H]2OC(=O)C[C@H]2O[C@H]1C. The molecule has 0 radical (unpaired) electrons. The maximum atomic E-state index is 11.1. The summed E-state index contributed by atoms with van der Waals surface area (Å²) in [6, 6.07) is 0. The third kappa shape index (κ3) is 1.90. The van der Waals surface area contributed by atoms with Crippen molar-refractivity contribution in [3.8, 4) is 0 Å². The van der Waals surface area contributed by atoms with Crippen LogP contribution in [-0.2, 0) is 23.8 Å². The van der Waals surface area contributed by atoms with E-state index in [0.29, 0.717) is 0 Å². The number of carbonyl (C=O) groups excluding carboxylic acids is 2. The Hall–Kier alpha value is -1.14. The van der Waals surface area contributed by atoms with Gasteiger partial charge in [-0.3, -0.25) is 9.59 Å². The monoisotopic (exact) mass is 230 g/mol. The van der Waals surface area contributed by atoms with Gasteiger partial charge in [0.05, 0.1) is 12.5 Å². The molecule has 0 saturated carbocycles. The lowest BCUT2D eigenvalue weighted by Crippen LogP contribution is -2.56. The fraction of sp³-hybridized carbons (Fsp3) is 0.800. The van der Waals surface area contributed by atoms with Gasteiger partial charge in [0.15, 0.2) is 12.2 Å². The molecule has 2 fully saturated rings. The number of esters is 2.